The highest BCUT2D eigenvalue weighted by Gasteiger charge is 2.45. The first-order chi connectivity index (χ1) is 20.1. The van der Waals surface area contributed by atoms with Crippen LogP contribution in [0.2, 0.25) is 0 Å². The highest BCUT2D eigenvalue weighted by atomic mass is 16.7. The molecule has 2 saturated heterocycles. The van der Waals surface area contributed by atoms with Crippen molar-refractivity contribution in [3.63, 3.8) is 0 Å². The fourth-order valence-corrected chi connectivity index (χ4v) is 6.33. The predicted octanol–water partition coefficient (Wildman–Crippen LogP) is 0.829. The lowest BCUT2D eigenvalue weighted by Gasteiger charge is -2.42. The summed E-state index contributed by atoms with van der Waals surface area (Å²) in [6, 6.07) is 10.4. The molecular formula is C31H52O11. The average molecular weight is 601 g/mol. The largest absolute Gasteiger partial charge is 0.394 e. The number of rotatable bonds is 16. The van der Waals surface area contributed by atoms with Gasteiger partial charge in [0, 0.05) is 11.8 Å². The smallest absolute Gasteiger partial charge is 0.186 e. The van der Waals surface area contributed by atoms with E-state index in [2.05, 4.69) is 26.0 Å². The van der Waals surface area contributed by atoms with Crippen molar-refractivity contribution in [3.05, 3.63) is 35.9 Å². The van der Waals surface area contributed by atoms with Crippen molar-refractivity contribution in [1.29, 1.82) is 0 Å². The number of hydrogen-bond acceptors (Lipinski definition) is 11. The molecule has 2 heterocycles. The standard InChI is InChI=1S/C31H52O11/c1-4-12-31(13-5-2,21-9-7-6-8-10-21)14-11-20(17-39-29-27(37)24(34)19(3)22(15-32)41-29)18-40-30-28(38)26(36)25(35)23(16-33)42-30/h6-10,19-20,22-30,32-38H,4-5,11-18H2,1-3H3/t19-,20?,22?,23?,24?,25-,26?,27+,28+,29+,30+/m1/s1. The third-order valence-electron chi connectivity index (χ3n) is 8.96. The molecule has 7 N–H and O–H groups in total. The van der Waals surface area contributed by atoms with E-state index in [0.29, 0.717) is 6.42 Å². The van der Waals surface area contributed by atoms with Crippen molar-refractivity contribution in [3.8, 4) is 0 Å². The Balaban J connectivity index is 1.78. The second-order valence-corrected chi connectivity index (χ2v) is 12.0. The maximum absolute atomic E-state index is 10.6. The molecule has 242 valence electrons. The average Bonchev–Trinajstić information content (AvgIpc) is 3.00. The van der Waals surface area contributed by atoms with E-state index < -0.39 is 67.8 Å². The summed E-state index contributed by atoms with van der Waals surface area (Å²) in [6.45, 7) is 5.24. The molecule has 11 heteroatoms. The van der Waals surface area contributed by atoms with E-state index in [1.807, 2.05) is 18.2 Å². The van der Waals surface area contributed by atoms with Crippen LogP contribution in [0.1, 0.15) is 64.9 Å². The SMILES string of the molecule is CCCC(CCC)(CCC(CO[C@H]1OC(CO)[C@@H](C)C(O)[C@@H]1O)CO[C@H]1OC(CO)[C@@H](O)C(O)[C@@H]1O)c1ccccc1. The van der Waals surface area contributed by atoms with Gasteiger partial charge in [-0.25, -0.2) is 0 Å². The van der Waals surface area contributed by atoms with Crippen LogP contribution in [0.5, 0.6) is 0 Å². The van der Waals surface area contributed by atoms with E-state index in [1.54, 1.807) is 6.92 Å². The minimum absolute atomic E-state index is 0.0387. The van der Waals surface area contributed by atoms with E-state index in [9.17, 15) is 35.7 Å². The Kier molecular flexibility index (Phi) is 14.1. The molecule has 1 aromatic rings. The molecule has 2 aliphatic heterocycles. The second-order valence-electron chi connectivity index (χ2n) is 12.0. The molecule has 2 fully saturated rings. The Morgan fingerprint density at radius 3 is 1.76 bits per heavy atom. The molecule has 11 atom stereocenters. The van der Waals surface area contributed by atoms with E-state index >= 15 is 0 Å². The summed E-state index contributed by atoms with van der Waals surface area (Å²) in [5.41, 5.74) is 1.18. The molecule has 0 saturated carbocycles. The summed E-state index contributed by atoms with van der Waals surface area (Å²) >= 11 is 0. The van der Waals surface area contributed by atoms with Gasteiger partial charge in [-0.1, -0.05) is 63.9 Å². The molecule has 2 aliphatic rings. The van der Waals surface area contributed by atoms with Crippen molar-refractivity contribution in [2.45, 2.75) is 120 Å². The molecule has 0 spiro atoms. The topological polar surface area (TPSA) is 179 Å². The lowest BCUT2D eigenvalue weighted by molar-refractivity contribution is -0.308. The maximum atomic E-state index is 10.6. The zero-order valence-corrected chi connectivity index (χ0v) is 25.1. The van der Waals surface area contributed by atoms with E-state index in [4.69, 9.17) is 18.9 Å². The van der Waals surface area contributed by atoms with Crippen LogP contribution >= 0.6 is 0 Å². The zero-order valence-electron chi connectivity index (χ0n) is 25.1. The lowest BCUT2D eigenvalue weighted by Crippen LogP contribution is -2.59. The lowest BCUT2D eigenvalue weighted by atomic mass is 9.69. The molecule has 1 aromatic carbocycles. The molecule has 11 nitrogen and oxygen atoms in total. The van der Waals surface area contributed by atoms with Gasteiger partial charge in [0.15, 0.2) is 12.6 Å². The van der Waals surface area contributed by atoms with Gasteiger partial charge in [-0.3, -0.25) is 0 Å². The summed E-state index contributed by atoms with van der Waals surface area (Å²) in [5, 5.41) is 71.1. The Labute approximate surface area is 249 Å². The van der Waals surface area contributed by atoms with Gasteiger partial charge in [0.25, 0.3) is 0 Å². The van der Waals surface area contributed by atoms with Crippen molar-refractivity contribution >= 4 is 0 Å². The Hall–Kier alpha value is -1.22. The maximum Gasteiger partial charge on any atom is 0.186 e. The van der Waals surface area contributed by atoms with Gasteiger partial charge in [-0.2, -0.15) is 0 Å². The number of aliphatic hydroxyl groups excluding tert-OH is 7. The highest BCUT2D eigenvalue weighted by molar-refractivity contribution is 5.25. The first-order valence-corrected chi connectivity index (χ1v) is 15.3. The monoisotopic (exact) mass is 600 g/mol. The van der Waals surface area contributed by atoms with Crippen LogP contribution in [-0.4, -0.2) is 117 Å². The fourth-order valence-electron chi connectivity index (χ4n) is 6.33. The molecule has 3 rings (SSSR count). The molecule has 42 heavy (non-hydrogen) atoms. The van der Waals surface area contributed by atoms with Crippen LogP contribution in [-0.2, 0) is 24.4 Å². The van der Waals surface area contributed by atoms with Crippen molar-refractivity contribution in [1.82, 2.24) is 0 Å². The molecule has 0 radical (unpaired) electrons. The van der Waals surface area contributed by atoms with Crippen LogP contribution in [0.3, 0.4) is 0 Å². The third-order valence-corrected chi connectivity index (χ3v) is 8.96. The van der Waals surface area contributed by atoms with Gasteiger partial charge in [0.05, 0.1) is 38.6 Å². The summed E-state index contributed by atoms with van der Waals surface area (Å²) in [5.74, 6) is -0.765. The van der Waals surface area contributed by atoms with E-state index in [1.165, 1.54) is 5.56 Å². The number of aliphatic hydroxyl groups is 7. The minimum atomic E-state index is -1.56. The van der Waals surface area contributed by atoms with Gasteiger partial charge < -0.3 is 54.7 Å². The Morgan fingerprint density at radius 1 is 0.714 bits per heavy atom. The van der Waals surface area contributed by atoms with Crippen molar-refractivity contribution in [2.24, 2.45) is 11.8 Å². The minimum Gasteiger partial charge on any atom is -0.394 e. The van der Waals surface area contributed by atoms with E-state index in [0.717, 1.165) is 32.1 Å². The molecular weight excluding hydrogens is 548 g/mol. The predicted molar refractivity (Wildman–Crippen MR) is 153 cm³/mol. The summed E-state index contributed by atoms with van der Waals surface area (Å²) in [6.07, 6.45) is -5.84. The fraction of sp³-hybridized carbons (Fsp3) is 0.806. The van der Waals surface area contributed by atoms with Crippen LogP contribution in [0.4, 0.5) is 0 Å². The van der Waals surface area contributed by atoms with Gasteiger partial charge in [0.2, 0.25) is 0 Å². The summed E-state index contributed by atoms with van der Waals surface area (Å²) < 4.78 is 23.2. The van der Waals surface area contributed by atoms with Gasteiger partial charge in [0.1, 0.15) is 30.5 Å². The summed E-state index contributed by atoms with van der Waals surface area (Å²) in [7, 11) is 0. The van der Waals surface area contributed by atoms with Crippen LogP contribution in [0.25, 0.3) is 0 Å². The zero-order chi connectivity index (χ0) is 30.9. The van der Waals surface area contributed by atoms with Gasteiger partial charge >= 0.3 is 0 Å². The quantitative estimate of drug-likeness (QED) is 0.143. The molecule has 0 bridgehead atoms. The van der Waals surface area contributed by atoms with Crippen LogP contribution in [0, 0.1) is 11.8 Å². The van der Waals surface area contributed by atoms with Gasteiger partial charge in [-0.15, -0.1) is 0 Å². The molecule has 0 aliphatic carbocycles. The second kappa shape index (κ2) is 16.7. The first-order valence-electron chi connectivity index (χ1n) is 15.3. The number of hydrogen-bond donors (Lipinski definition) is 7. The Morgan fingerprint density at radius 2 is 1.24 bits per heavy atom. The van der Waals surface area contributed by atoms with Gasteiger partial charge in [-0.05, 0) is 36.7 Å². The Bertz CT molecular complexity index is 839. The van der Waals surface area contributed by atoms with Crippen molar-refractivity contribution in [2.75, 3.05) is 26.4 Å². The highest BCUT2D eigenvalue weighted by Crippen LogP contribution is 2.40. The molecule has 0 amide bonds. The van der Waals surface area contributed by atoms with Crippen LogP contribution in [0.15, 0.2) is 30.3 Å². The normalized spacial score (nSPS) is 34.8. The van der Waals surface area contributed by atoms with Crippen LogP contribution < -0.4 is 0 Å². The van der Waals surface area contributed by atoms with Crippen molar-refractivity contribution < 1.29 is 54.7 Å². The van der Waals surface area contributed by atoms with E-state index in [-0.39, 0.29) is 31.2 Å². The number of ether oxygens (including phenoxy) is 4. The first kappa shape index (κ1) is 35.3. The number of benzene rings is 1. The summed E-state index contributed by atoms with van der Waals surface area (Å²) in [4.78, 5) is 0. The third kappa shape index (κ3) is 8.48. The molecule has 5 unspecified atom stereocenters. The molecule has 0 aromatic heterocycles.